The molecule has 1 rings (SSSR count). The van der Waals surface area contributed by atoms with Crippen molar-refractivity contribution in [3.8, 4) is 0 Å². The molecule has 2 N–H and O–H groups in total. The molecule has 108 valence electrons. The van der Waals surface area contributed by atoms with Crippen LogP contribution in [0.2, 0.25) is 0 Å². The Bertz CT molecular complexity index is 490. The summed E-state index contributed by atoms with van der Waals surface area (Å²) in [6.45, 7) is 8.05. The third-order valence-electron chi connectivity index (χ3n) is 2.97. The van der Waals surface area contributed by atoms with E-state index < -0.39 is 0 Å². The highest BCUT2D eigenvalue weighted by Crippen LogP contribution is 2.18. The van der Waals surface area contributed by atoms with Crippen LogP contribution >= 0.6 is 0 Å². The number of rotatable bonds is 4. The molecule has 1 aromatic rings. The molecule has 0 saturated heterocycles. The average Bonchev–Trinajstić information content (AvgIpc) is 2.36. The molecule has 2 amide bonds. The van der Waals surface area contributed by atoms with Gasteiger partial charge in [0, 0.05) is 24.4 Å². The zero-order valence-electron chi connectivity index (χ0n) is 12.3. The highest BCUT2D eigenvalue weighted by molar-refractivity contribution is 6.03. The largest absolute Gasteiger partial charge is 0.350 e. The molecule has 0 fully saturated rings. The Labute approximate surface area is 119 Å². The molecular weight excluding hydrogens is 254 g/mol. The van der Waals surface area contributed by atoms with Crippen molar-refractivity contribution in [1.29, 1.82) is 0 Å². The van der Waals surface area contributed by atoms with Crippen LogP contribution in [-0.4, -0.2) is 22.8 Å². The molecule has 0 aliphatic rings. The minimum atomic E-state index is -0.364. The Balaban J connectivity index is 2.47. The summed E-state index contributed by atoms with van der Waals surface area (Å²) in [5.41, 5.74) is 0.562. The molecule has 0 aliphatic carbocycles. The number of hydrogen-bond donors (Lipinski definition) is 2. The van der Waals surface area contributed by atoms with Gasteiger partial charge in [0.05, 0.1) is 11.9 Å². The lowest BCUT2D eigenvalue weighted by molar-refractivity contribution is -0.118. The Morgan fingerprint density at radius 3 is 2.45 bits per heavy atom. The molecule has 20 heavy (non-hydrogen) atoms. The van der Waals surface area contributed by atoms with Crippen molar-refractivity contribution < 1.29 is 9.59 Å². The average molecular weight is 275 g/mol. The highest BCUT2D eigenvalue weighted by Gasteiger charge is 2.20. The molecule has 1 atom stereocenters. The first-order valence-corrected chi connectivity index (χ1v) is 6.48. The summed E-state index contributed by atoms with van der Waals surface area (Å²) < 4.78 is 0. The number of carbonyl (C=O) groups is 2. The van der Waals surface area contributed by atoms with Gasteiger partial charge in [-0.2, -0.15) is 0 Å². The molecule has 1 unspecified atom stereocenters. The summed E-state index contributed by atoms with van der Waals surface area (Å²) in [6.07, 6.45) is 5.59. The van der Waals surface area contributed by atoms with Crippen LogP contribution in [0.15, 0.2) is 36.7 Å². The van der Waals surface area contributed by atoms with Gasteiger partial charge in [-0.05, 0) is 24.5 Å². The fourth-order valence-corrected chi connectivity index (χ4v) is 1.25. The van der Waals surface area contributed by atoms with Gasteiger partial charge < -0.3 is 10.6 Å². The predicted octanol–water partition coefficient (Wildman–Crippen LogP) is 2.13. The first kappa shape index (κ1) is 15.9. The van der Waals surface area contributed by atoms with Crippen LogP contribution in [0.1, 0.15) is 27.7 Å². The summed E-state index contributed by atoms with van der Waals surface area (Å²) >= 11 is 0. The standard InChI is InChI=1S/C15H21N3O2/c1-11(15(2,3)4)17-13(19)7-8-14(20)18-12-6-5-9-16-10-12/h5-11H,1-4H3,(H,17,19)(H,18,20). The monoisotopic (exact) mass is 275 g/mol. The summed E-state index contributed by atoms with van der Waals surface area (Å²) in [5.74, 6) is -0.648. The SMILES string of the molecule is CC(NC(=O)C=CC(=O)Nc1cccnc1)C(C)(C)C. The fourth-order valence-electron chi connectivity index (χ4n) is 1.25. The van der Waals surface area contributed by atoms with E-state index in [0.29, 0.717) is 5.69 Å². The van der Waals surface area contributed by atoms with E-state index in [2.05, 4.69) is 15.6 Å². The second-order valence-electron chi connectivity index (χ2n) is 5.66. The van der Waals surface area contributed by atoms with Gasteiger partial charge in [-0.3, -0.25) is 14.6 Å². The van der Waals surface area contributed by atoms with Gasteiger partial charge in [0.1, 0.15) is 0 Å². The quantitative estimate of drug-likeness (QED) is 0.827. The van der Waals surface area contributed by atoms with Gasteiger partial charge in [-0.1, -0.05) is 20.8 Å². The van der Waals surface area contributed by atoms with Crippen molar-refractivity contribution in [2.75, 3.05) is 5.32 Å². The van der Waals surface area contributed by atoms with Crippen molar-refractivity contribution in [3.63, 3.8) is 0 Å². The number of aromatic nitrogens is 1. The van der Waals surface area contributed by atoms with E-state index in [-0.39, 0.29) is 23.3 Å². The third kappa shape index (κ3) is 5.65. The summed E-state index contributed by atoms with van der Waals surface area (Å²) in [4.78, 5) is 27.1. The molecule has 0 bridgehead atoms. The van der Waals surface area contributed by atoms with Gasteiger partial charge in [0.15, 0.2) is 0 Å². The van der Waals surface area contributed by atoms with Crippen LogP contribution in [0, 0.1) is 5.41 Å². The molecule has 0 saturated carbocycles. The molecule has 1 heterocycles. The second-order valence-corrected chi connectivity index (χ2v) is 5.66. The number of amides is 2. The Morgan fingerprint density at radius 1 is 1.25 bits per heavy atom. The Kier molecular flexibility index (Phi) is 5.43. The minimum absolute atomic E-state index is 0.0148. The highest BCUT2D eigenvalue weighted by atomic mass is 16.2. The van der Waals surface area contributed by atoms with Gasteiger partial charge in [0.25, 0.3) is 0 Å². The van der Waals surface area contributed by atoms with Crippen molar-refractivity contribution in [1.82, 2.24) is 10.3 Å². The van der Waals surface area contributed by atoms with Gasteiger partial charge >= 0.3 is 0 Å². The third-order valence-corrected chi connectivity index (χ3v) is 2.97. The maximum absolute atomic E-state index is 11.7. The first-order valence-electron chi connectivity index (χ1n) is 6.48. The van der Waals surface area contributed by atoms with Crippen LogP contribution in [-0.2, 0) is 9.59 Å². The van der Waals surface area contributed by atoms with E-state index >= 15 is 0 Å². The van der Waals surface area contributed by atoms with Crippen LogP contribution < -0.4 is 10.6 Å². The lowest BCUT2D eigenvalue weighted by Gasteiger charge is -2.27. The van der Waals surface area contributed by atoms with Crippen molar-refractivity contribution in [2.24, 2.45) is 5.41 Å². The summed E-state index contributed by atoms with van der Waals surface area (Å²) in [7, 11) is 0. The number of nitrogens with one attached hydrogen (secondary N) is 2. The number of carbonyl (C=O) groups excluding carboxylic acids is 2. The summed E-state index contributed by atoms with van der Waals surface area (Å²) in [5, 5.41) is 5.43. The predicted molar refractivity (Wildman–Crippen MR) is 79.1 cm³/mol. The van der Waals surface area contributed by atoms with E-state index in [1.165, 1.54) is 18.3 Å². The molecule has 0 spiro atoms. The maximum atomic E-state index is 11.7. The molecule has 5 heteroatoms. The van der Waals surface area contributed by atoms with Crippen molar-refractivity contribution >= 4 is 17.5 Å². The topological polar surface area (TPSA) is 71.1 Å². The van der Waals surface area contributed by atoms with E-state index in [1.807, 2.05) is 27.7 Å². The molecule has 0 radical (unpaired) electrons. The van der Waals surface area contributed by atoms with Crippen molar-refractivity contribution in [2.45, 2.75) is 33.7 Å². The first-order chi connectivity index (χ1) is 9.29. The smallest absolute Gasteiger partial charge is 0.248 e. The second kappa shape index (κ2) is 6.84. The fraction of sp³-hybridized carbons (Fsp3) is 0.400. The Morgan fingerprint density at radius 2 is 1.90 bits per heavy atom. The van der Waals surface area contributed by atoms with E-state index in [4.69, 9.17) is 0 Å². The molecule has 0 aromatic carbocycles. The zero-order chi connectivity index (χ0) is 15.2. The van der Waals surface area contributed by atoms with Crippen molar-refractivity contribution in [3.05, 3.63) is 36.7 Å². The van der Waals surface area contributed by atoms with Crippen LogP contribution in [0.5, 0.6) is 0 Å². The van der Waals surface area contributed by atoms with E-state index in [9.17, 15) is 9.59 Å². The number of hydrogen-bond acceptors (Lipinski definition) is 3. The lowest BCUT2D eigenvalue weighted by atomic mass is 9.88. The van der Waals surface area contributed by atoms with Gasteiger partial charge in [-0.15, -0.1) is 0 Å². The van der Waals surface area contributed by atoms with Gasteiger partial charge in [0.2, 0.25) is 11.8 Å². The number of pyridine rings is 1. The minimum Gasteiger partial charge on any atom is -0.350 e. The number of anilines is 1. The van der Waals surface area contributed by atoms with Gasteiger partial charge in [-0.25, -0.2) is 0 Å². The molecular formula is C15H21N3O2. The summed E-state index contributed by atoms with van der Waals surface area (Å²) in [6, 6.07) is 3.46. The van der Waals surface area contributed by atoms with Crippen LogP contribution in [0.25, 0.3) is 0 Å². The lowest BCUT2D eigenvalue weighted by Crippen LogP contribution is -2.40. The van der Waals surface area contributed by atoms with E-state index in [1.54, 1.807) is 18.3 Å². The molecule has 0 aliphatic heterocycles. The molecule has 5 nitrogen and oxygen atoms in total. The number of nitrogens with zero attached hydrogens (tertiary/aromatic N) is 1. The van der Waals surface area contributed by atoms with E-state index in [0.717, 1.165) is 0 Å². The van der Waals surface area contributed by atoms with Crippen LogP contribution in [0.3, 0.4) is 0 Å². The molecule has 1 aromatic heterocycles. The zero-order valence-corrected chi connectivity index (χ0v) is 12.3. The maximum Gasteiger partial charge on any atom is 0.248 e. The normalized spacial score (nSPS) is 13.0. The van der Waals surface area contributed by atoms with Crippen LogP contribution in [0.4, 0.5) is 5.69 Å². The Hall–Kier alpha value is -2.17.